The van der Waals surface area contributed by atoms with Gasteiger partial charge in [-0.2, -0.15) is 0 Å². The van der Waals surface area contributed by atoms with E-state index < -0.39 is 11.9 Å². The average molecular weight is 241 g/mol. The minimum Gasteiger partial charge on any atom is -0.481 e. The second-order valence-electron chi connectivity index (χ2n) is 5.94. The van der Waals surface area contributed by atoms with Gasteiger partial charge in [-0.05, 0) is 24.7 Å². The number of nitrogens with one attached hydrogen (secondary N) is 1. The Bertz CT molecular complexity index is 299. The minimum absolute atomic E-state index is 0.0193. The molecule has 1 saturated carbocycles. The Morgan fingerprint density at radius 3 is 2.65 bits per heavy atom. The first kappa shape index (κ1) is 14.0. The van der Waals surface area contributed by atoms with Crippen molar-refractivity contribution in [2.24, 2.45) is 17.3 Å². The summed E-state index contributed by atoms with van der Waals surface area (Å²) in [5.41, 5.74) is 0.235. The number of carbonyl (C=O) groups is 2. The molecule has 1 aliphatic rings. The summed E-state index contributed by atoms with van der Waals surface area (Å²) in [7, 11) is 0. The van der Waals surface area contributed by atoms with Gasteiger partial charge in [0.15, 0.2) is 0 Å². The standard InChI is InChI=1S/C13H23NO3/c1-9(12(16)17)8-14-11(15)10-5-4-6-13(2,3)7-10/h9-10H,4-8H2,1-3H3,(H,14,15)(H,16,17). The second-order valence-corrected chi connectivity index (χ2v) is 5.94. The zero-order valence-corrected chi connectivity index (χ0v) is 11.0. The topological polar surface area (TPSA) is 66.4 Å². The maximum atomic E-state index is 11.9. The molecule has 17 heavy (non-hydrogen) atoms. The van der Waals surface area contributed by atoms with Crippen LogP contribution in [0.5, 0.6) is 0 Å². The summed E-state index contributed by atoms with van der Waals surface area (Å²) in [5.74, 6) is -1.31. The summed E-state index contributed by atoms with van der Waals surface area (Å²) >= 11 is 0. The monoisotopic (exact) mass is 241 g/mol. The zero-order chi connectivity index (χ0) is 13.1. The van der Waals surface area contributed by atoms with E-state index in [1.807, 2.05) is 0 Å². The lowest BCUT2D eigenvalue weighted by molar-refractivity contribution is -0.141. The number of aliphatic carboxylic acids is 1. The Labute approximate surface area is 103 Å². The van der Waals surface area contributed by atoms with Crippen LogP contribution in [0.15, 0.2) is 0 Å². The van der Waals surface area contributed by atoms with E-state index in [-0.39, 0.29) is 23.8 Å². The maximum absolute atomic E-state index is 11.9. The fourth-order valence-corrected chi connectivity index (χ4v) is 2.41. The number of carboxylic acids is 1. The first-order chi connectivity index (χ1) is 7.82. The molecule has 1 fully saturated rings. The normalized spacial score (nSPS) is 25.0. The largest absolute Gasteiger partial charge is 0.481 e. The van der Waals surface area contributed by atoms with Gasteiger partial charge >= 0.3 is 5.97 Å². The van der Waals surface area contributed by atoms with Crippen molar-refractivity contribution in [2.75, 3.05) is 6.54 Å². The SMILES string of the molecule is CC(CNC(=O)C1CCCC(C)(C)C1)C(=O)O. The molecule has 98 valence electrons. The number of carboxylic acid groups (broad SMARTS) is 1. The van der Waals surface area contributed by atoms with Crippen molar-refractivity contribution in [2.45, 2.75) is 46.5 Å². The van der Waals surface area contributed by atoms with Crippen molar-refractivity contribution in [3.8, 4) is 0 Å². The Hall–Kier alpha value is -1.06. The van der Waals surface area contributed by atoms with Gasteiger partial charge in [0.1, 0.15) is 0 Å². The van der Waals surface area contributed by atoms with E-state index in [0.29, 0.717) is 0 Å². The highest BCUT2D eigenvalue weighted by Crippen LogP contribution is 2.38. The lowest BCUT2D eigenvalue weighted by Crippen LogP contribution is -2.39. The Morgan fingerprint density at radius 1 is 1.47 bits per heavy atom. The molecule has 0 spiro atoms. The molecule has 1 aliphatic carbocycles. The van der Waals surface area contributed by atoms with E-state index >= 15 is 0 Å². The van der Waals surface area contributed by atoms with Crippen LogP contribution in [0.25, 0.3) is 0 Å². The highest BCUT2D eigenvalue weighted by atomic mass is 16.4. The van der Waals surface area contributed by atoms with Crippen molar-refractivity contribution in [1.29, 1.82) is 0 Å². The van der Waals surface area contributed by atoms with E-state index in [1.54, 1.807) is 6.92 Å². The Balaban J connectivity index is 2.40. The molecule has 2 atom stereocenters. The third-order valence-electron chi connectivity index (χ3n) is 3.58. The van der Waals surface area contributed by atoms with Gasteiger partial charge in [0.25, 0.3) is 0 Å². The van der Waals surface area contributed by atoms with Gasteiger partial charge in [0, 0.05) is 12.5 Å². The van der Waals surface area contributed by atoms with Crippen molar-refractivity contribution in [3.63, 3.8) is 0 Å². The van der Waals surface area contributed by atoms with Crippen LogP contribution in [0, 0.1) is 17.3 Å². The van der Waals surface area contributed by atoms with E-state index in [0.717, 1.165) is 19.3 Å². The highest BCUT2D eigenvalue weighted by Gasteiger charge is 2.32. The minimum atomic E-state index is -0.866. The lowest BCUT2D eigenvalue weighted by Gasteiger charge is -2.34. The molecule has 0 saturated heterocycles. The first-order valence-electron chi connectivity index (χ1n) is 6.32. The van der Waals surface area contributed by atoms with E-state index in [2.05, 4.69) is 19.2 Å². The van der Waals surface area contributed by atoms with Crippen LogP contribution in [-0.4, -0.2) is 23.5 Å². The lowest BCUT2D eigenvalue weighted by atomic mass is 9.72. The second kappa shape index (κ2) is 5.52. The smallest absolute Gasteiger partial charge is 0.308 e. The number of carbonyl (C=O) groups excluding carboxylic acids is 1. The first-order valence-corrected chi connectivity index (χ1v) is 6.32. The van der Waals surface area contributed by atoms with Crippen LogP contribution in [0.1, 0.15) is 46.5 Å². The van der Waals surface area contributed by atoms with Crippen molar-refractivity contribution < 1.29 is 14.7 Å². The molecule has 0 aromatic heterocycles. The molecule has 4 nitrogen and oxygen atoms in total. The van der Waals surface area contributed by atoms with Gasteiger partial charge in [0.2, 0.25) is 5.91 Å². The van der Waals surface area contributed by atoms with E-state index in [1.165, 1.54) is 6.42 Å². The zero-order valence-electron chi connectivity index (χ0n) is 11.0. The van der Waals surface area contributed by atoms with Crippen molar-refractivity contribution >= 4 is 11.9 Å². The maximum Gasteiger partial charge on any atom is 0.308 e. The molecule has 1 rings (SSSR count). The molecule has 1 amide bonds. The number of hydrogen-bond donors (Lipinski definition) is 2. The average Bonchev–Trinajstić information content (AvgIpc) is 2.23. The molecular formula is C13H23NO3. The summed E-state index contributed by atoms with van der Waals surface area (Å²) in [6, 6.07) is 0. The number of rotatable bonds is 4. The van der Waals surface area contributed by atoms with Crippen LogP contribution >= 0.6 is 0 Å². The van der Waals surface area contributed by atoms with Crippen LogP contribution in [-0.2, 0) is 9.59 Å². The van der Waals surface area contributed by atoms with Crippen LogP contribution < -0.4 is 5.32 Å². The summed E-state index contributed by atoms with van der Waals surface area (Å²) in [6.07, 6.45) is 4.08. The quantitative estimate of drug-likeness (QED) is 0.791. The van der Waals surface area contributed by atoms with Crippen LogP contribution in [0.2, 0.25) is 0 Å². The van der Waals surface area contributed by atoms with Crippen molar-refractivity contribution in [1.82, 2.24) is 5.32 Å². The molecule has 0 aromatic rings. The summed E-state index contributed by atoms with van der Waals surface area (Å²) in [5, 5.41) is 11.5. The number of hydrogen-bond acceptors (Lipinski definition) is 2. The third kappa shape index (κ3) is 4.36. The predicted octanol–water partition coefficient (Wildman–Crippen LogP) is 2.04. The molecule has 0 aliphatic heterocycles. The Kier molecular flexibility index (Phi) is 4.54. The van der Waals surface area contributed by atoms with Gasteiger partial charge in [-0.25, -0.2) is 0 Å². The molecule has 0 bridgehead atoms. The third-order valence-corrected chi connectivity index (χ3v) is 3.58. The summed E-state index contributed by atoms with van der Waals surface area (Å²) in [4.78, 5) is 22.5. The van der Waals surface area contributed by atoms with Gasteiger partial charge in [0.05, 0.1) is 5.92 Å². The molecule has 2 N–H and O–H groups in total. The summed E-state index contributed by atoms with van der Waals surface area (Å²) < 4.78 is 0. The van der Waals surface area contributed by atoms with E-state index in [4.69, 9.17) is 5.11 Å². The molecule has 0 radical (unpaired) electrons. The highest BCUT2D eigenvalue weighted by molar-refractivity contribution is 5.79. The fourth-order valence-electron chi connectivity index (χ4n) is 2.41. The van der Waals surface area contributed by atoms with Crippen molar-refractivity contribution in [3.05, 3.63) is 0 Å². The Morgan fingerprint density at radius 2 is 2.12 bits per heavy atom. The molecular weight excluding hydrogens is 218 g/mol. The van der Waals surface area contributed by atoms with Crippen LogP contribution in [0.3, 0.4) is 0 Å². The molecule has 2 unspecified atom stereocenters. The molecule has 4 heteroatoms. The van der Waals surface area contributed by atoms with Gasteiger partial charge in [-0.3, -0.25) is 9.59 Å². The fraction of sp³-hybridized carbons (Fsp3) is 0.846. The van der Waals surface area contributed by atoms with Crippen LogP contribution in [0.4, 0.5) is 0 Å². The summed E-state index contributed by atoms with van der Waals surface area (Å²) in [6.45, 7) is 6.21. The van der Waals surface area contributed by atoms with Gasteiger partial charge in [-0.1, -0.05) is 27.2 Å². The molecule has 0 heterocycles. The van der Waals surface area contributed by atoms with Gasteiger partial charge in [-0.15, -0.1) is 0 Å². The molecule has 0 aromatic carbocycles. The number of amides is 1. The van der Waals surface area contributed by atoms with E-state index in [9.17, 15) is 9.59 Å². The predicted molar refractivity (Wildman–Crippen MR) is 65.5 cm³/mol. The van der Waals surface area contributed by atoms with Gasteiger partial charge < -0.3 is 10.4 Å².